The lowest BCUT2D eigenvalue weighted by Gasteiger charge is -2.36. The number of pyridine rings is 1. The molecule has 0 aliphatic carbocycles. The first-order valence-corrected chi connectivity index (χ1v) is 9.60. The van der Waals surface area contributed by atoms with Gasteiger partial charge >= 0.3 is 0 Å². The highest BCUT2D eigenvalue weighted by molar-refractivity contribution is 14.1. The van der Waals surface area contributed by atoms with Crippen molar-refractivity contribution in [3.8, 4) is 5.75 Å². The van der Waals surface area contributed by atoms with Crippen molar-refractivity contribution in [1.82, 2.24) is 4.98 Å². The number of hydrogen-bond donors (Lipinski definition) is 0. The number of methoxy groups -OCH3 is 1. The molecule has 3 nitrogen and oxygen atoms in total. The van der Waals surface area contributed by atoms with E-state index >= 15 is 0 Å². The Morgan fingerprint density at radius 1 is 1.12 bits per heavy atom. The Balaban J connectivity index is 1.73. The number of benzene rings is 2. The van der Waals surface area contributed by atoms with Crippen molar-refractivity contribution in [3.63, 3.8) is 0 Å². The second-order valence-corrected chi connectivity index (χ2v) is 7.52. The maximum atomic E-state index is 5.28. The van der Waals surface area contributed by atoms with Crippen LogP contribution in [0.25, 0.3) is 6.08 Å². The Morgan fingerprint density at radius 3 is 2.73 bits per heavy atom. The van der Waals surface area contributed by atoms with E-state index in [0.717, 1.165) is 18.0 Å². The SMILES string of the molecule is COc1ccc(CN2c3cnccc3C=CC2c2cccc(I)c2)cc1. The number of halogens is 1. The van der Waals surface area contributed by atoms with Crippen molar-refractivity contribution >= 4 is 34.4 Å². The van der Waals surface area contributed by atoms with Crippen LogP contribution in [-0.4, -0.2) is 12.1 Å². The highest BCUT2D eigenvalue weighted by atomic mass is 127. The maximum Gasteiger partial charge on any atom is 0.118 e. The van der Waals surface area contributed by atoms with E-state index in [2.05, 4.69) is 87.1 Å². The van der Waals surface area contributed by atoms with Crippen molar-refractivity contribution in [2.24, 2.45) is 0 Å². The molecular formula is C22H19IN2O. The summed E-state index contributed by atoms with van der Waals surface area (Å²) in [5.74, 6) is 0.878. The average Bonchev–Trinajstić information content (AvgIpc) is 2.69. The number of anilines is 1. The molecule has 26 heavy (non-hydrogen) atoms. The van der Waals surface area contributed by atoms with Crippen LogP contribution in [0.1, 0.15) is 22.7 Å². The minimum atomic E-state index is 0.184. The third kappa shape index (κ3) is 3.46. The van der Waals surface area contributed by atoms with E-state index in [-0.39, 0.29) is 6.04 Å². The van der Waals surface area contributed by atoms with Crippen LogP contribution < -0.4 is 9.64 Å². The monoisotopic (exact) mass is 454 g/mol. The molecule has 2 aromatic carbocycles. The summed E-state index contributed by atoms with van der Waals surface area (Å²) in [5, 5.41) is 0. The number of nitrogens with zero attached hydrogens (tertiary/aromatic N) is 2. The third-order valence-corrected chi connectivity index (χ3v) is 5.31. The van der Waals surface area contributed by atoms with Gasteiger partial charge in [-0.1, -0.05) is 36.4 Å². The summed E-state index contributed by atoms with van der Waals surface area (Å²) in [6.45, 7) is 0.809. The number of hydrogen-bond acceptors (Lipinski definition) is 3. The first kappa shape index (κ1) is 17.1. The van der Waals surface area contributed by atoms with Crippen LogP contribution in [0.3, 0.4) is 0 Å². The topological polar surface area (TPSA) is 25.4 Å². The van der Waals surface area contributed by atoms with Gasteiger partial charge in [0.05, 0.1) is 25.0 Å². The lowest BCUT2D eigenvalue weighted by Crippen LogP contribution is -2.29. The molecule has 1 aliphatic heterocycles. The lowest BCUT2D eigenvalue weighted by atomic mass is 9.97. The van der Waals surface area contributed by atoms with Crippen molar-refractivity contribution in [2.45, 2.75) is 12.6 Å². The molecule has 4 rings (SSSR count). The van der Waals surface area contributed by atoms with Crippen molar-refractivity contribution in [3.05, 3.63) is 93.3 Å². The first-order valence-electron chi connectivity index (χ1n) is 8.52. The highest BCUT2D eigenvalue weighted by Gasteiger charge is 2.24. The molecule has 2 heterocycles. The third-order valence-electron chi connectivity index (χ3n) is 4.64. The molecular weight excluding hydrogens is 435 g/mol. The van der Waals surface area contributed by atoms with Crippen LogP contribution in [0.5, 0.6) is 5.75 Å². The number of aromatic nitrogens is 1. The fourth-order valence-corrected chi connectivity index (χ4v) is 3.89. The summed E-state index contributed by atoms with van der Waals surface area (Å²) in [5.41, 5.74) is 4.90. The molecule has 0 amide bonds. The molecule has 0 saturated carbocycles. The molecule has 0 fully saturated rings. The molecule has 1 unspecified atom stereocenters. The zero-order valence-electron chi connectivity index (χ0n) is 14.5. The normalized spacial score (nSPS) is 15.6. The van der Waals surface area contributed by atoms with Crippen LogP contribution in [0.2, 0.25) is 0 Å². The standard InChI is InChI=1S/C22H19IN2O/c1-26-20-8-5-16(6-9-20)15-25-21(18-3-2-4-19(23)13-18)10-7-17-11-12-24-14-22(17)25/h2-14,21H,15H2,1H3. The molecule has 130 valence electrons. The van der Waals surface area contributed by atoms with Gasteiger partial charge < -0.3 is 9.64 Å². The van der Waals surface area contributed by atoms with Crippen LogP contribution in [0.4, 0.5) is 5.69 Å². The van der Waals surface area contributed by atoms with E-state index in [1.807, 2.05) is 24.5 Å². The number of fused-ring (bicyclic) bond motifs is 1. The van der Waals surface area contributed by atoms with Crippen molar-refractivity contribution in [2.75, 3.05) is 12.0 Å². The van der Waals surface area contributed by atoms with Crippen LogP contribution >= 0.6 is 22.6 Å². The quantitative estimate of drug-likeness (QED) is 0.489. The molecule has 3 aromatic rings. The van der Waals surface area contributed by atoms with Gasteiger partial charge in [0.25, 0.3) is 0 Å². The van der Waals surface area contributed by atoms with Crippen LogP contribution in [-0.2, 0) is 6.54 Å². The largest absolute Gasteiger partial charge is 0.497 e. The van der Waals surface area contributed by atoms with Gasteiger partial charge in [-0.3, -0.25) is 4.98 Å². The van der Waals surface area contributed by atoms with Gasteiger partial charge in [-0.05, 0) is 64.0 Å². The predicted octanol–water partition coefficient (Wildman–Crippen LogP) is 5.47. The molecule has 1 aromatic heterocycles. The Hall–Kier alpha value is -2.34. The van der Waals surface area contributed by atoms with E-state index < -0.39 is 0 Å². The molecule has 0 saturated heterocycles. The second kappa shape index (κ2) is 7.50. The molecule has 0 radical (unpaired) electrons. The van der Waals surface area contributed by atoms with Crippen molar-refractivity contribution in [1.29, 1.82) is 0 Å². The van der Waals surface area contributed by atoms with Crippen molar-refractivity contribution < 1.29 is 4.74 Å². The predicted molar refractivity (Wildman–Crippen MR) is 114 cm³/mol. The van der Waals surface area contributed by atoms with Gasteiger partial charge in [-0.25, -0.2) is 0 Å². The van der Waals surface area contributed by atoms with Gasteiger partial charge in [0.2, 0.25) is 0 Å². The average molecular weight is 454 g/mol. The van der Waals surface area contributed by atoms with Gasteiger partial charge in [-0.2, -0.15) is 0 Å². The molecule has 0 bridgehead atoms. The fraction of sp³-hybridized carbons (Fsp3) is 0.136. The van der Waals surface area contributed by atoms with Gasteiger partial charge in [-0.15, -0.1) is 0 Å². The summed E-state index contributed by atoms with van der Waals surface area (Å²) in [6, 6.07) is 19.2. The summed E-state index contributed by atoms with van der Waals surface area (Å²) in [6.07, 6.45) is 8.28. The summed E-state index contributed by atoms with van der Waals surface area (Å²) in [7, 11) is 1.69. The first-order chi connectivity index (χ1) is 12.7. The number of ether oxygens (including phenoxy) is 1. The van der Waals surface area contributed by atoms with E-state index in [1.165, 1.54) is 20.3 Å². The van der Waals surface area contributed by atoms with Crippen LogP contribution in [0, 0.1) is 3.57 Å². The summed E-state index contributed by atoms with van der Waals surface area (Å²) < 4.78 is 6.53. The van der Waals surface area contributed by atoms with E-state index in [9.17, 15) is 0 Å². The van der Waals surface area contributed by atoms with Crippen LogP contribution in [0.15, 0.2) is 73.1 Å². The number of rotatable bonds is 4. The summed E-state index contributed by atoms with van der Waals surface area (Å²) >= 11 is 2.37. The van der Waals surface area contributed by atoms with E-state index in [4.69, 9.17) is 4.74 Å². The van der Waals surface area contributed by atoms with E-state index in [0.29, 0.717) is 0 Å². The smallest absolute Gasteiger partial charge is 0.118 e. The Labute approximate surface area is 167 Å². The zero-order valence-corrected chi connectivity index (χ0v) is 16.6. The molecule has 1 aliphatic rings. The Morgan fingerprint density at radius 2 is 1.96 bits per heavy atom. The lowest BCUT2D eigenvalue weighted by molar-refractivity contribution is 0.414. The summed E-state index contributed by atoms with van der Waals surface area (Å²) in [4.78, 5) is 6.78. The second-order valence-electron chi connectivity index (χ2n) is 6.27. The Bertz CT molecular complexity index is 937. The molecule has 0 N–H and O–H groups in total. The zero-order chi connectivity index (χ0) is 17.9. The van der Waals surface area contributed by atoms with Gasteiger partial charge in [0.1, 0.15) is 5.75 Å². The Kier molecular flexibility index (Phi) is 4.93. The highest BCUT2D eigenvalue weighted by Crippen LogP contribution is 2.37. The van der Waals surface area contributed by atoms with E-state index in [1.54, 1.807) is 7.11 Å². The molecule has 0 spiro atoms. The van der Waals surface area contributed by atoms with Gasteiger partial charge in [0.15, 0.2) is 0 Å². The van der Waals surface area contributed by atoms with Gasteiger partial charge in [0, 0.05) is 21.9 Å². The minimum absolute atomic E-state index is 0.184. The fourth-order valence-electron chi connectivity index (χ4n) is 3.32. The minimum Gasteiger partial charge on any atom is -0.497 e. The maximum absolute atomic E-state index is 5.28. The molecule has 4 heteroatoms. The molecule has 1 atom stereocenters.